The molecule has 0 amide bonds. The third-order valence-electron chi connectivity index (χ3n) is 3.67. The second-order valence-corrected chi connectivity index (χ2v) is 7.31. The van der Waals surface area contributed by atoms with Crippen LogP contribution >= 0.6 is 24.0 Å². The number of nitrogens with zero attached hydrogens (tertiary/aromatic N) is 2. The summed E-state index contributed by atoms with van der Waals surface area (Å²) in [7, 11) is 2.66. The van der Waals surface area contributed by atoms with Crippen LogP contribution in [0.4, 0.5) is 4.39 Å². The van der Waals surface area contributed by atoms with E-state index >= 15 is 0 Å². The van der Waals surface area contributed by atoms with Crippen molar-refractivity contribution in [3.8, 4) is 0 Å². The van der Waals surface area contributed by atoms with Crippen LogP contribution in [-0.2, 0) is 23.1 Å². The molecule has 0 spiro atoms. The van der Waals surface area contributed by atoms with Gasteiger partial charge in [0.25, 0.3) is 0 Å². The van der Waals surface area contributed by atoms with Crippen LogP contribution in [0.3, 0.4) is 0 Å². The van der Waals surface area contributed by atoms with Crippen LogP contribution in [0.15, 0.2) is 59.6 Å². The van der Waals surface area contributed by atoms with Crippen molar-refractivity contribution in [2.45, 2.75) is 12.3 Å². The van der Waals surface area contributed by atoms with Crippen molar-refractivity contribution in [1.29, 1.82) is 0 Å². The Kier molecular flexibility index (Phi) is 10.4. The summed E-state index contributed by atoms with van der Waals surface area (Å²) in [6.45, 7) is 1.12. The first-order valence-corrected chi connectivity index (χ1v) is 9.62. The van der Waals surface area contributed by atoms with E-state index in [0.29, 0.717) is 30.6 Å². The summed E-state index contributed by atoms with van der Waals surface area (Å²) in [5, 5.41) is 3.21. The smallest absolute Gasteiger partial charge is 0.193 e. The van der Waals surface area contributed by atoms with Crippen LogP contribution in [0.2, 0.25) is 0 Å². The van der Waals surface area contributed by atoms with Crippen LogP contribution in [-0.4, -0.2) is 41.5 Å². The molecule has 1 atom stereocenters. The Bertz CT molecular complexity index is 728. The monoisotopic (exact) mass is 489 g/mol. The highest BCUT2D eigenvalue weighted by molar-refractivity contribution is 14.0. The molecule has 7 heteroatoms. The Balaban J connectivity index is 0.00000338. The van der Waals surface area contributed by atoms with Crippen molar-refractivity contribution in [2.75, 3.05) is 26.4 Å². The number of hydrogen-bond acceptors (Lipinski definition) is 2. The third-order valence-corrected chi connectivity index (χ3v) is 4.98. The lowest BCUT2D eigenvalue weighted by Gasteiger charge is -2.22. The normalized spacial score (nSPS) is 12.2. The van der Waals surface area contributed by atoms with Gasteiger partial charge in [-0.15, -0.1) is 24.0 Å². The average Bonchev–Trinajstić information content (AvgIpc) is 2.59. The lowest BCUT2D eigenvalue weighted by Crippen LogP contribution is -2.40. The second-order valence-electron chi connectivity index (χ2n) is 5.73. The zero-order valence-electron chi connectivity index (χ0n) is 15.0. The Morgan fingerprint density at radius 2 is 1.85 bits per heavy atom. The molecule has 1 N–H and O–H groups in total. The summed E-state index contributed by atoms with van der Waals surface area (Å²) in [5.74, 6) is 1.55. The minimum Gasteiger partial charge on any atom is -0.355 e. The van der Waals surface area contributed by atoms with Gasteiger partial charge in [0.05, 0.1) is 0 Å². The largest absolute Gasteiger partial charge is 0.355 e. The van der Waals surface area contributed by atoms with Gasteiger partial charge in [-0.05, 0) is 23.3 Å². The number of nitrogens with one attached hydrogen (secondary N) is 1. The molecular weight excluding hydrogens is 464 g/mol. The lowest BCUT2D eigenvalue weighted by molar-refractivity contribution is 0.477. The van der Waals surface area contributed by atoms with Gasteiger partial charge in [-0.3, -0.25) is 9.20 Å². The lowest BCUT2D eigenvalue weighted by atomic mass is 10.2. The molecule has 26 heavy (non-hydrogen) atoms. The number of hydrogen-bond donors (Lipinski definition) is 1. The fourth-order valence-corrected chi connectivity index (χ4v) is 3.52. The molecule has 0 radical (unpaired) electrons. The van der Waals surface area contributed by atoms with Gasteiger partial charge in [-0.25, -0.2) is 4.39 Å². The number of rotatable bonds is 7. The molecule has 0 saturated heterocycles. The summed E-state index contributed by atoms with van der Waals surface area (Å²) in [6.07, 6.45) is 0. The van der Waals surface area contributed by atoms with Crippen LogP contribution in [0, 0.1) is 5.82 Å². The summed E-state index contributed by atoms with van der Waals surface area (Å²) in [5.41, 5.74) is 1.95. The maximum atomic E-state index is 13.3. The van der Waals surface area contributed by atoms with Crippen LogP contribution in [0.1, 0.15) is 11.1 Å². The van der Waals surface area contributed by atoms with E-state index in [4.69, 9.17) is 0 Å². The molecule has 2 aromatic rings. The van der Waals surface area contributed by atoms with E-state index in [9.17, 15) is 8.60 Å². The summed E-state index contributed by atoms with van der Waals surface area (Å²) in [4.78, 5) is 6.14. The molecule has 2 aromatic carbocycles. The summed E-state index contributed by atoms with van der Waals surface area (Å²) in [6, 6.07) is 16.3. The maximum absolute atomic E-state index is 13.3. The quantitative estimate of drug-likeness (QED) is 0.369. The average molecular weight is 489 g/mol. The topological polar surface area (TPSA) is 44.7 Å². The highest BCUT2D eigenvalue weighted by atomic mass is 127. The van der Waals surface area contributed by atoms with Gasteiger partial charge in [0.15, 0.2) is 5.96 Å². The van der Waals surface area contributed by atoms with E-state index in [1.165, 1.54) is 12.1 Å². The van der Waals surface area contributed by atoms with E-state index in [1.807, 2.05) is 48.3 Å². The standard InChI is InChI=1S/C19H24FN3OS.HI/c1-21-19(23(2)14-17-9-6-10-18(20)13-17)22-11-12-25(24)15-16-7-4-3-5-8-16;/h3-10,13H,11-12,14-15H2,1-2H3,(H,21,22);1H. The molecule has 1 unspecified atom stereocenters. The highest BCUT2D eigenvalue weighted by Gasteiger charge is 2.08. The van der Waals surface area contributed by atoms with E-state index < -0.39 is 10.8 Å². The summed E-state index contributed by atoms with van der Waals surface area (Å²) < 4.78 is 25.4. The van der Waals surface area contributed by atoms with Crippen molar-refractivity contribution in [1.82, 2.24) is 10.2 Å². The Labute approximate surface area is 174 Å². The maximum Gasteiger partial charge on any atom is 0.193 e. The van der Waals surface area contributed by atoms with Gasteiger partial charge in [0, 0.05) is 49.5 Å². The SMILES string of the molecule is CN=C(NCCS(=O)Cc1ccccc1)N(C)Cc1cccc(F)c1.I. The Morgan fingerprint density at radius 1 is 1.15 bits per heavy atom. The molecule has 0 aliphatic heterocycles. The molecule has 4 nitrogen and oxygen atoms in total. The van der Waals surface area contributed by atoms with Gasteiger partial charge in [-0.1, -0.05) is 42.5 Å². The van der Waals surface area contributed by atoms with Crippen LogP contribution in [0.5, 0.6) is 0 Å². The molecule has 0 aliphatic carbocycles. The predicted octanol–water partition coefficient (Wildman–Crippen LogP) is 3.40. The minimum absolute atomic E-state index is 0. The molecule has 0 aromatic heterocycles. The van der Waals surface area contributed by atoms with Crippen molar-refractivity contribution in [3.05, 3.63) is 71.5 Å². The number of aliphatic imine (C=N–C) groups is 1. The molecule has 0 bridgehead atoms. The number of guanidine groups is 1. The Morgan fingerprint density at radius 3 is 2.50 bits per heavy atom. The molecular formula is C19H25FIN3OS. The molecule has 0 fully saturated rings. The highest BCUT2D eigenvalue weighted by Crippen LogP contribution is 2.06. The Hall–Kier alpha value is -1.48. The van der Waals surface area contributed by atoms with E-state index in [0.717, 1.165) is 11.1 Å². The first-order valence-electron chi connectivity index (χ1n) is 8.13. The zero-order chi connectivity index (χ0) is 18.1. The van der Waals surface area contributed by atoms with E-state index in [2.05, 4.69) is 10.3 Å². The van der Waals surface area contributed by atoms with Crippen molar-refractivity contribution in [3.63, 3.8) is 0 Å². The fraction of sp³-hybridized carbons (Fsp3) is 0.316. The summed E-state index contributed by atoms with van der Waals surface area (Å²) >= 11 is 0. The van der Waals surface area contributed by atoms with E-state index in [-0.39, 0.29) is 29.8 Å². The fourth-order valence-electron chi connectivity index (χ4n) is 2.48. The minimum atomic E-state index is -0.929. The van der Waals surface area contributed by atoms with Gasteiger partial charge in [0.1, 0.15) is 5.82 Å². The first-order chi connectivity index (χ1) is 12.1. The molecule has 0 aliphatic rings. The van der Waals surface area contributed by atoms with Gasteiger partial charge in [0.2, 0.25) is 0 Å². The van der Waals surface area contributed by atoms with Gasteiger partial charge < -0.3 is 10.2 Å². The first kappa shape index (κ1) is 22.6. The molecule has 0 heterocycles. The van der Waals surface area contributed by atoms with E-state index in [1.54, 1.807) is 13.1 Å². The van der Waals surface area contributed by atoms with Gasteiger partial charge >= 0.3 is 0 Å². The van der Waals surface area contributed by atoms with Crippen LogP contribution in [0.25, 0.3) is 0 Å². The van der Waals surface area contributed by atoms with Crippen molar-refractivity contribution >= 4 is 40.7 Å². The zero-order valence-corrected chi connectivity index (χ0v) is 18.2. The van der Waals surface area contributed by atoms with Gasteiger partial charge in [-0.2, -0.15) is 0 Å². The predicted molar refractivity (Wildman–Crippen MR) is 118 cm³/mol. The molecule has 142 valence electrons. The second kappa shape index (κ2) is 12.0. The number of benzene rings is 2. The van der Waals surface area contributed by atoms with Crippen molar-refractivity contribution < 1.29 is 8.60 Å². The van der Waals surface area contributed by atoms with Crippen molar-refractivity contribution in [2.24, 2.45) is 4.99 Å². The van der Waals surface area contributed by atoms with Crippen LogP contribution < -0.4 is 5.32 Å². The molecule has 2 rings (SSSR count). The third kappa shape index (κ3) is 7.82. The molecule has 0 saturated carbocycles. The number of halogens is 2.